The molecule has 2 rings (SSSR count). The maximum atomic E-state index is 10.6. The summed E-state index contributed by atoms with van der Waals surface area (Å²) in [5, 5.41) is 31.4. The number of aliphatic hydroxyl groups is 3. The van der Waals surface area contributed by atoms with E-state index in [0.29, 0.717) is 25.2 Å². The summed E-state index contributed by atoms with van der Waals surface area (Å²) < 4.78 is 0. The molecule has 2 aliphatic rings. The molecule has 0 unspecified atom stereocenters. The first-order chi connectivity index (χ1) is 10.5. The van der Waals surface area contributed by atoms with Gasteiger partial charge in [-0.3, -0.25) is 0 Å². The van der Waals surface area contributed by atoms with Gasteiger partial charge in [-0.25, -0.2) is 0 Å². The SMILES string of the molecule is C=C1CC[C@H](O)C(=C)CC[C@@H]2[C@H](C(C)(C)O)CC[C@]2(C)C[C@H]1O. The Morgan fingerprint density at radius 3 is 2.17 bits per heavy atom. The van der Waals surface area contributed by atoms with Crippen LogP contribution in [-0.2, 0) is 0 Å². The van der Waals surface area contributed by atoms with Gasteiger partial charge in [0, 0.05) is 0 Å². The average molecular weight is 322 g/mol. The van der Waals surface area contributed by atoms with Crippen molar-refractivity contribution in [2.45, 2.75) is 83.5 Å². The van der Waals surface area contributed by atoms with E-state index in [4.69, 9.17) is 0 Å². The molecule has 2 aliphatic carbocycles. The maximum absolute atomic E-state index is 10.6. The molecule has 0 aromatic carbocycles. The molecule has 0 spiro atoms. The fourth-order valence-corrected chi connectivity index (χ4v) is 4.79. The molecule has 0 amide bonds. The van der Waals surface area contributed by atoms with E-state index >= 15 is 0 Å². The Hall–Kier alpha value is -0.640. The Morgan fingerprint density at radius 2 is 1.57 bits per heavy atom. The van der Waals surface area contributed by atoms with Crippen LogP contribution >= 0.6 is 0 Å². The van der Waals surface area contributed by atoms with E-state index in [1.807, 2.05) is 13.8 Å². The number of rotatable bonds is 1. The van der Waals surface area contributed by atoms with Crippen LogP contribution in [0.25, 0.3) is 0 Å². The monoisotopic (exact) mass is 322 g/mol. The predicted octanol–water partition coefficient (Wildman–Crippen LogP) is 3.59. The molecule has 2 fully saturated rings. The topological polar surface area (TPSA) is 60.7 Å². The molecule has 0 aromatic rings. The van der Waals surface area contributed by atoms with Crippen LogP contribution in [0.2, 0.25) is 0 Å². The zero-order chi connectivity index (χ0) is 17.4. The van der Waals surface area contributed by atoms with Crippen molar-refractivity contribution in [1.29, 1.82) is 0 Å². The van der Waals surface area contributed by atoms with Gasteiger partial charge in [0.15, 0.2) is 0 Å². The second-order valence-corrected chi connectivity index (χ2v) is 8.69. The Kier molecular flexibility index (Phi) is 5.44. The molecule has 2 saturated carbocycles. The van der Waals surface area contributed by atoms with Crippen LogP contribution in [0.3, 0.4) is 0 Å². The molecule has 0 bridgehead atoms. The molecule has 0 heterocycles. The van der Waals surface area contributed by atoms with E-state index in [0.717, 1.165) is 36.8 Å². The van der Waals surface area contributed by atoms with Crippen molar-refractivity contribution in [3.05, 3.63) is 24.3 Å². The lowest BCUT2D eigenvalue weighted by Crippen LogP contribution is -2.38. The van der Waals surface area contributed by atoms with Gasteiger partial charge in [0.1, 0.15) is 0 Å². The first-order valence-electron chi connectivity index (χ1n) is 8.98. The summed E-state index contributed by atoms with van der Waals surface area (Å²) in [5.41, 5.74) is 0.969. The molecule has 3 N–H and O–H groups in total. The average Bonchev–Trinajstić information content (AvgIpc) is 2.77. The molecule has 0 radical (unpaired) electrons. The minimum atomic E-state index is -0.718. The highest BCUT2D eigenvalue weighted by atomic mass is 16.3. The number of hydrogen-bond donors (Lipinski definition) is 3. The van der Waals surface area contributed by atoms with E-state index in [1.54, 1.807) is 0 Å². The highest BCUT2D eigenvalue weighted by Crippen LogP contribution is 2.55. The summed E-state index contributed by atoms with van der Waals surface area (Å²) >= 11 is 0. The standard InChI is InChI=1S/C20H34O3/c1-13-6-8-16-15(19(3,4)23)10-11-20(16,5)12-18(22)14(2)7-9-17(13)21/h15-18,21-23H,1-2,6-12H2,3-5H3/t15-,16-,17+,18-,20-/m1/s1. The van der Waals surface area contributed by atoms with Crippen molar-refractivity contribution in [2.24, 2.45) is 17.3 Å². The minimum absolute atomic E-state index is 0.00258. The Morgan fingerprint density at radius 1 is 1.00 bits per heavy atom. The summed E-state index contributed by atoms with van der Waals surface area (Å²) in [7, 11) is 0. The highest BCUT2D eigenvalue weighted by molar-refractivity contribution is 5.11. The third-order valence-electron chi connectivity index (χ3n) is 6.43. The second kappa shape index (κ2) is 6.70. The fraction of sp³-hybridized carbons (Fsp3) is 0.800. The summed E-state index contributed by atoms with van der Waals surface area (Å²) in [6.45, 7) is 14.1. The quantitative estimate of drug-likeness (QED) is 0.647. The first kappa shape index (κ1) is 18.7. The Balaban J connectivity index is 2.30. The van der Waals surface area contributed by atoms with Gasteiger partial charge >= 0.3 is 0 Å². The molecular weight excluding hydrogens is 288 g/mol. The molecule has 0 aromatic heterocycles. The van der Waals surface area contributed by atoms with Crippen molar-refractivity contribution in [3.63, 3.8) is 0 Å². The van der Waals surface area contributed by atoms with Gasteiger partial charge in [-0.2, -0.15) is 0 Å². The molecule has 5 atom stereocenters. The van der Waals surface area contributed by atoms with E-state index in [1.165, 1.54) is 0 Å². The largest absolute Gasteiger partial charge is 0.390 e. The van der Waals surface area contributed by atoms with E-state index in [-0.39, 0.29) is 11.3 Å². The smallest absolute Gasteiger partial charge is 0.0752 e. The lowest BCUT2D eigenvalue weighted by atomic mass is 9.67. The summed E-state index contributed by atoms with van der Waals surface area (Å²) in [4.78, 5) is 0. The molecule has 0 aliphatic heterocycles. The van der Waals surface area contributed by atoms with Crippen molar-refractivity contribution in [1.82, 2.24) is 0 Å². The van der Waals surface area contributed by atoms with Gasteiger partial charge in [0.05, 0.1) is 17.8 Å². The number of aliphatic hydroxyl groups excluding tert-OH is 2. The van der Waals surface area contributed by atoms with Gasteiger partial charge in [-0.1, -0.05) is 20.1 Å². The third kappa shape index (κ3) is 4.07. The van der Waals surface area contributed by atoms with E-state index in [9.17, 15) is 15.3 Å². The van der Waals surface area contributed by atoms with Crippen molar-refractivity contribution in [2.75, 3.05) is 0 Å². The second-order valence-electron chi connectivity index (χ2n) is 8.69. The van der Waals surface area contributed by atoms with Crippen molar-refractivity contribution < 1.29 is 15.3 Å². The molecule has 132 valence electrons. The highest BCUT2D eigenvalue weighted by Gasteiger charge is 2.50. The van der Waals surface area contributed by atoms with Crippen LogP contribution in [0.4, 0.5) is 0 Å². The molecular formula is C20H34O3. The van der Waals surface area contributed by atoms with Crippen LogP contribution in [0, 0.1) is 17.3 Å². The van der Waals surface area contributed by atoms with Gasteiger partial charge in [0.25, 0.3) is 0 Å². The van der Waals surface area contributed by atoms with Crippen LogP contribution in [0.15, 0.2) is 24.3 Å². The van der Waals surface area contributed by atoms with Crippen LogP contribution < -0.4 is 0 Å². The normalized spacial score (nSPS) is 40.6. The predicted molar refractivity (Wildman–Crippen MR) is 94.0 cm³/mol. The molecule has 3 heteroatoms. The van der Waals surface area contributed by atoms with Crippen molar-refractivity contribution in [3.8, 4) is 0 Å². The molecule has 3 nitrogen and oxygen atoms in total. The molecule has 23 heavy (non-hydrogen) atoms. The lowest BCUT2D eigenvalue weighted by Gasteiger charge is -2.40. The fourth-order valence-electron chi connectivity index (χ4n) is 4.79. The lowest BCUT2D eigenvalue weighted by molar-refractivity contribution is -0.0227. The van der Waals surface area contributed by atoms with Gasteiger partial charge < -0.3 is 15.3 Å². The summed E-state index contributed by atoms with van der Waals surface area (Å²) in [5.74, 6) is 0.547. The van der Waals surface area contributed by atoms with Crippen molar-refractivity contribution >= 4 is 0 Å². The van der Waals surface area contributed by atoms with Crippen LogP contribution in [0.5, 0.6) is 0 Å². The van der Waals surface area contributed by atoms with E-state index in [2.05, 4.69) is 20.1 Å². The number of hydrogen-bond acceptors (Lipinski definition) is 3. The third-order valence-corrected chi connectivity index (χ3v) is 6.43. The molecule has 0 saturated heterocycles. The van der Waals surface area contributed by atoms with E-state index < -0.39 is 17.8 Å². The Bertz CT molecular complexity index is 462. The maximum Gasteiger partial charge on any atom is 0.0752 e. The number of fused-ring (bicyclic) bond motifs is 1. The van der Waals surface area contributed by atoms with Crippen LogP contribution in [-0.4, -0.2) is 33.1 Å². The van der Waals surface area contributed by atoms with Gasteiger partial charge in [-0.15, -0.1) is 0 Å². The summed E-state index contributed by atoms with van der Waals surface area (Å²) in [6.07, 6.45) is 4.58. The first-order valence-corrected chi connectivity index (χ1v) is 8.98. The Labute approximate surface area is 141 Å². The zero-order valence-corrected chi connectivity index (χ0v) is 15.0. The minimum Gasteiger partial charge on any atom is -0.390 e. The van der Waals surface area contributed by atoms with Gasteiger partial charge in [0.2, 0.25) is 0 Å². The summed E-state index contributed by atoms with van der Waals surface area (Å²) in [6, 6.07) is 0. The zero-order valence-electron chi connectivity index (χ0n) is 15.0. The van der Waals surface area contributed by atoms with Gasteiger partial charge in [-0.05, 0) is 87.2 Å². The van der Waals surface area contributed by atoms with Crippen LogP contribution in [0.1, 0.15) is 65.7 Å².